The van der Waals surface area contributed by atoms with Crippen LogP contribution < -0.4 is 20.1 Å². The first-order chi connectivity index (χ1) is 12.4. The molecule has 152 valence electrons. The molecule has 0 saturated carbocycles. The van der Waals surface area contributed by atoms with Crippen molar-refractivity contribution in [3.05, 3.63) is 24.3 Å². The molecule has 0 radical (unpaired) electrons. The Morgan fingerprint density at radius 2 is 1.85 bits per heavy atom. The van der Waals surface area contributed by atoms with Crippen molar-refractivity contribution in [2.75, 3.05) is 32.7 Å². The number of hydrogen-bond acceptors (Lipinski definition) is 5. The van der Waals surface area contributed by atoms with E-state index in [1.54, 1.807) is 31.2 Å². The number of nitrogens with zero attached hydrogens (tertiary/aromatic N) is 1. The minimum Gasteiger partial charge on any atom is -0.482 e. The van der Waals surface area contributed by atoms with Gasteiger partial charge in [-0.3, -0.25) is 9.69 Å². The molecule has 2 aliphatic heterocycles. The maximum atomic E-state index is 13.4. The number of halogens is 4. The lowest BCUT2D eigenvalue weighted by Gasteiger charge is -2.36. The van der Waals surface area contributed by atoms with Crippen LogP contribution in [0.1, 0.15) is 6.92 Å². The van der Waals surface area contributed by atoms with Gasteiger partial charge in [0.05, 0.1) is 0 Å². The molecule has 3 rings (SSSR count). The summed E-state index contributed by atoms with van der Waals surface area (Å²) in [5, 5.41) is 5.41. The van der Waals surface area contributed by atoms with E-state index in [9.17, 15) is 18.0 Å². The number of carbonyl (C=O) groups excluding carboxylic acids is 1. The van der Waals surface area contributed by atoms with Crippen LogP contribution in [-0.4, -0.2) is 68.0 Å². The number of rotatable bonds is 4. The lowest BCUT2D eigenvalue weighted by atomic mass is 10.1. The van der Waals surface area contributed by atoms with Gasteiger partial charge in [0.15, 0.2) is 11.5 Å². The van der Waals surface area contributed by atoms with Crippen molar-refractivity contribution in [2.45, 2.75) is 31.3 Å². The van der Waals surface area contributed by atoms with Gasteiger partial charge in [0.2, 0.25) is 6.10 Å². The second-order valence-corrected chi connectivity index (χ2v) is 6.40. The van der Waals surface area contributed by atoms with Crippen LogP contribution in [0.25, 0.3) is 0 Å². The summed E-state index contributed by atoms with van der Waals surface area (Å²) in [5.74, 6) is 0.301. The zero-order valence-corrected chi connectivity index (χ0v) is 15.6. The van der Waals surface area contributed by atoms with Gasteiger partial charge in [-0.05, 0) is 19.1 Å². The van der Waals surface area contributed by atoms with E-state index in [1.165, 1.54) is 4.90 Å². The molecule has 1 aromatic carbocycles. The molecule has 10 heteroatoms. The molecular formula is C17H23ClF3N3O3. The smallest absolute Gasteiger partial charge is 0.405 e. The summed E-state index contributed by atoms with van der Waals surface area (Å²) in [7, 11) is 0. The highest BCUT2D eigenvalue weighted by molar-refractivity contribution is 5.85. The van der Waals surface area contributed by atoms with Crippen molar-refractivity contribution in [3.8, 4) is 11.5 Å². The van der Waals surface area contributed by atoms with Crippen molar-refractivity contribution in [3.63, 3.8) is 0 Å². The Hall–Kier alpha value is -1.71. The van der Waals surface area contributed by atoms with Gasteiger partial charge in [-0.1, -0.05) is 12.1 Å². The minimum atomic E-state index is -4.42. The summed E-state index contributed by atoms with van der Waals surface area (Å²) in [6.45, 7) is 2.69. The van der Waals surface area contributed by atoms with Crippen LogP contribution in [0.15, 0.2) is 24.3 Å². The van der Waals surface area contributed by atoms with E-state index in [-0.39, 0.29) is 25.5 Å². The maximum Gasteiger partial charge on any atom is 0.405 e. The lowest BCUT2D eigenvalue weighted by molar-refractivity contribution is -0.184. The second-order valence-electron chi connectivity index (χ2n) is 6.40. The first-order valence-corrected chi connectivity index (χ1v) is 8.58. The highest BCUT2D eigenvalue weighted by atomic mass is 35.5. The topological polar surface area (TPSA) is 62.8 Å². The first-order valence-electron chi connectivity index (χ1n) is 8.58. The predicted octanol–water partition coefficient (Wildman–Crippen LogP) is 1.59. The summed E-state index contributed by atoms with van der Waals surface area (Å²) < 4.78 is 51.5. The average molecular weight is 410 g/mol. The van der Waals surface area contributed by atoms with Crippen LogP contribution in [0.3, 0.4) is 0 Å². The Labute approximate surface area is 161 Å². The van der Waals surface area contributed by atoms with Gasteiger partial charge in [0, 0.05) is 32.7 Å². The van der Waals surface area contributed by atoms with Crippen LogP contribution in [0.4, 0.5) is 13.2 Å². The molecule has 3 atom stereocenters. The SMILES string of the molecule is CC1Oc2ccccc2OC1C(=O)NCC(N1CCNCC1)C(F)(F)F.Cl. The number of hydrogen-bond donors (Lipinski definition) is 2. The van der Waals surface area contributed by atoms with E-state index < -0.39 is 36.9 Å². The van der Waals surface area contributed by atoms with Crippen molar-refractivity contribution < 1.29 is 27.4 Å². The normalized spacial score (nSPS) is 23.9. The standard InChI is InChI=1S/C17H22F3N3O3.ClH/c1-11-15(26-13-5-3-2-4-12(13)25-11)16(24)22-10-14(17(18,19)20)23-8-6-21-7-9-23;/h2-5,11,14-15,21H,6-10H2,1H3,(H,22,24);1H. The number of alkyl halides is 3. The third kappa shape index (κ3) is 5.18. The molecule has 3 unspecified atom stereocenters. The number of carbonyl (C=O) groups is 1. The van der Waals surface area contributed by atoms with Gasteiger partial charge in [-0.15, -0.1) is 12.4 Å². The molecule has 1 saturated heterocycles. The summed E-state index contributed by atoms with van der Waals surface area (Å²) in [4.78, 5) is 13.8. The van der Waals surface area contributed by atoms with Crippen LogP contribution in [0, 0.1) is 0 Å². The molecule has 2 heterocycles. The molecule has 0 bridgehead atoms. The third-order valence-electron chi connectivity index (χ3n) is 4.54. The predicted molar refractivity (Wildman–Crippen MR) is 95.5 cm³/mol. The molecule has 1 fully saturated rings. The van der Waals surface area contributed by atoms with E-state index in [2.05, 4.69) is 10.6 Å². The van der Waals surface area contributed by atoms with Crippen molar-refractivity contribution in [1.29, 1.82) is 0 Å². The summed E-state index contributed by atoms with van der Waals surface area (Å²) in [5.41, 5.74) is 0. The lowest BCUT2D eigenvalue weighted by Crippen LogP contribution is -2.59. The summed E-state index contributed by atoms with van der Waals surface area (Å²) >= 11 is 0. The molecule has 27 heavy (non-hydrogen) atoms. The number of ether oxygens (including phenoxy) is 2. The Morgan fingerprint density at radius 1 is 1.26 bits per heavy atom. The largest absolute Gasteiger partial charge is 0.482 e. The average Bonchev–Trinajstić information content (AvgIpc) is 2.61. The Balaban J connectivity index is 0.00000261. The molecule has 2 N–H and O–H groups in total. The highest BCUT2D eigenvalue weighted by Gasteiger charge is 2.44. The molecular weight excluding hydrogens is 387 g/mol. The van der Waals surface area contributed by atoms with E-state index in [0.717, 1.165) is 0 Å². The van der Waals surface area contributed by atoms with Crippen LogP contribution in [-0.2, 0) is 4.79 Å². The number of piperazine rings is 1. The monoisotopic (exact) mass is 409 g/mol. The third-order valence-corrected chi connectivity index (χ3v) is 4.54. The second kappa shape index (κ2) is 8.99. The molecule has 0 aliphatic carbocycles. The number of para-hydroxylation sites is 2. The fourth-order valence-corrected chi connectivity index (χ4v) is 3.15. The number of amides is 1. The van der Waals surface area contributed by atoms with E-state index in [4.69, 9.17) is 9.47 Å². The number of nitrogens with one attached hydrogen (secondary N) is 2. The van der Waals surface area contributed by atoms with Gasteiger partial charge in [0.25, 0.3) is 5.91 Å². The van der Waals surface area contributed by atoms with E-state index in [1.807, 2.05) is 0 Å². The van der Waals surface area contributed by atoms with E-state index >= 15 is 0 Å². The molecule has 1 amide bonds. The summed E-state index contributed by atoms with van der Waals surface area (Å²) in [6.07, 6.45) is -6.03. The van der Waals surface area contributed by atoms with Crippen LogP contribution in [0.2, 0.25) is 0 Å². The molecule has 1 aromatic rings. The highest BCUT2D eigenvalue weighted by Crippen LogP contribution is 2.33. The summed E-state index contributed by atoms with van der Waals surface area (Å²) in [6, 6.07) is 5.15. The Kier molecular flexibility index (Phi) is 7.19. The fourth-order valence-electron chi connectivity index (χ4n) is 3.15. The minimum absolute atomic E-state index is 0. The Bertz CT molecular complexity index is 641. The van der Waals surface area contributed by atoms with Crippen molar-refractivity contribution in [1.82, 2.24) is 15.5 Å². The van der Waals surface area contributed by atoms with Gasteiger partial charge < -0.3 is 20.1 Å². The maximum absolute atomic E-state index is 13.4. The van der Waals surface area contributed by atoms with Crippen molar-refractivity contribution in [2.24, 2.45) is 0 Å². The Morgan fingerprint density at radius 3 is 2.44 bits per heavy atom. The van der Waals surface area contributed by atoms with Gasteiger partial charge in [-0.2, -0.15) is 13.2 Å². The van der Waals surface area contributed by atoms with Crippen LogP contribution >= 0.6 is 12.4 Å². The van der Waals surface area contributed by atoms with Gasteiger partial charge in [-0.25, -0.2) is 0 Å². The fraction of sp³-hybridized carbons (Fsp3) is 0.588. The number of fused-ring (bicyclic) bond motifs is 1. The zero-order chi connectivity index (χ0) is 18.7. The molecule has 6 nitrogen and oxygen atoms in total. The zero-order valence-electron chi connectivity index (χ0n) is 14.8. The first kappa shape index (κ1) is 21.6. The molecule has 2 aliphatic rings. The van der Waals surface area contributed by atoms with E-state index in [0.29, 0.717) is 24.6 Å². The number of benzene rings is 1. The van der Waals surface area contributed by atoms with Crippen molar-refractivity contribution >= 4 is 18.3 Å². The molecule has 0 aromatic heterocycles. The molecule has 0 spiro atoms. The van der Waals surface area contributed by atoms with Gasteiger partial charge >= 0.3 is 6.18 Å². The quantitative estimate of drug-likeness (QED) is 0.790. The van der Waals surface area contributed by atoms with Crippen LogP contribution in [0.5, 0.6) is 11.5 Å². The van der Waals surface area contributed by atoms with Gasteiger partial charge in [0.1, 0.15) is 12.1 Å².